The molecule has 5 atom stereocenters. The number of ether oxygens (including phenoxy) is 5. The number of carbonyl (C=O) groups is 1. The molecule has 3 rings (SSSR count). The second-order valence-electron chi connectivity index (χ2n) is 8.62. The fourth-order valence-electron chi connectivity index (χ4n) is 3.85. The van der Waals surface area contributed by atoms with Gasteiger partial charge < -0.3 is 44.1 Å². The lowest BCUT2D eigenvalue weighted by atomic mass is 9.97. The van der Waals surface area contributed by atoms with Gasteiger partial charge in [-0.3, -0.25) is 4.68 Å². The van der Waals surface area contributed by atoms with Crippen molar-refractivity contribution in [2.24, 2.45) is 0 Å². The van der Waals surface area contributed by atoms with Gasteiger partial charge in [-0.15, -0.1) is 5.10 Å². The highest BCUT2D eigenvalue weighted by molar-refractivity contribution is 5.59. The molecule has 1 fully saturated rings. The number of methoxy groups -OCH3 is 2. The number of aliphatic hydroxyl groups is 4. The van der Waals surface area contributed by atoms with Crippen molar-refractivity contribution in [2.75, 3.05) is 20.8 Å². The molecule has 12 nitrogen and oxygen atoms in total. The number of hydrogen-bond acceptors (Lipinski definition) is 11. The highest BCUT2D eigenvalue weighted by atomic mass is 19.1. The van der Waals surface area contributed by atoms with E-state index in [-0.39, 0.29) is 23.9 Å². The Balaban J connectivity index is 1.95. The molecule has 1 aliphatic heterocycles. The topological polar surface area (TPSA) is 162 Å². The zero-order chi connectivity index (χ0) is 26.8. The molecule has 0 amide bonds. The normalized spacial score (nSPS) is 26.1. The van der Waals surface area contributed by atoms with Crippen molar-refractivity contribution in [3.05, 3.63) is 40.8 Å². The lowest BCUT2D eigenvalue weighted by Crippen LogP contribution is -2.67. The summed E-state index contributed by atoms with van der Waals surface area (Å²) in [5.41, 5.74) is 1.25. The maximum absolute atomic E-state index is 14.7. The van der Waals surface area contributed by atoms with Gasteiger partial charge in [0.1, 0.15) is 36.5 Å². The zero-order valence-electron chi connectivity index (χ0n) is 20.5. The molecular weight excluding hydrogens is 483 g/mol. The van der Waals surface area contributed by atoms with E-state index < -0.39 is 49.0 Å². The van der Waals surface area contributed by atoms with Crippen LogP contribution in [0.4, 0.5) is 9.18 Å². The van der Waals surface area contributed by atoms with Crippen molar-refractivity contribution >= 4 is 6.16 Å². The number of aromatic nitrogens is 2. The first-order chi connectivity index (χ1) is 16.9. The van der Waals surface area contributed by atoms with Gasteiger partial charge in [0.2, 0.25) is 5.88 Å². The largest absolute Gasteiger partial charge is 0.508 e. The van der Waals surface area contributed by atoms with E-state index in [9.17, 15) is 29.6 Å². The Labute approximate surface area is 206 Å². The number of aliphatic hydroxyl groups excluding tert-OH is 3. The van der Waals surface area contributed by atoms with Crippen LogP contribution in [-0.4, -0.2) is 87.6 Å². The molecule has 0 bridgehead atoms. The van der Waals surface area contributed by atoms with E-state index in [1.54, 1.807) is 17.7 Å². The molecule has 0 spiro atoms. The van der Waals surface area contributed by atoms with E-state index in [0.29, 0.717) is 17.0 Å². The minimum atomic E-state index is -2.90. The van der Waals surface area contributed by atoms with Crippen molar-refractivity contribution in [2.45, 2.75) is 63.6 Å². The summed E-state index contributed by atoms with van der Waals surface area (Å²) in [6.07, 6.45) is -8.41. The van der Waals surface area contributed by atoms with E-state index in [0.717, 1.165) is 7.11 Å². The van der Waals surface area contributed by atoms with E-state index in [2.05, 4.69) is 9.84 Å². The Hall–Kier alpha value is -2.97. The summed E-state index contributed by atoms with van der Waals surface area (Å²) in [5, 5.41) is 46.4. The molecule has 1 aromatic heterocycles. The molecule has 1 aromatic carbocycles. The SMILES string of the molecule is COC(=O)OC[C@H]1O[C@](O)(Oc2nn(C(C)C)c(C)c2Cc2ccc(OC)cc2F)[C@H](O)[C@@H](O)[C@@H]1O. The molecule has 0 saturated carbocycles. The van der Waals surface area contributed by atoms with Gasteiger partial charge in [-0.2, -0.15) is 0 Å². The van der Waals surface area contributed by atoms with Crippen molar-refractivity contribution in [1.29, 1.82) is 0 Å². The third-order valence-corrected chi connectivity index (χ3v) is 5.88. The number of halogens is 1. The molecule has 1 saturated heterocycles. The van der Waals surface area contributed by atoms with Crippen LogP contribution in [-0.2, 0) is 20.6 Å². The highest BCUT2D eigenvalue weighted by Crippen LogP contribution is 2.35. The summed E-state index contributed by atoms with van der Waals surface area (Å²) in [4.78, 5) is 11.3. The molecule has 4 N–H and O–H groups in total. The monoisotopic (exact) mass is 514 g/mol. The standard InChI is InChI=1S/C23H31FN2O10/c1-11(2)26-12(3)15(8-13-6-7-14(32-4)9-16(13)24)21(25-26)36-23(31)20(29)19(28)18(27)17(35-23)10-34-22(30)33-5/h6-7,9,11,17-20,27-29,31H,8,10H2,1-5H3/t17-,18-,19+,20-,23+/m1/s1. The highest BCUT2D eigenvalue weighted by Gasteiger charge is 2.56. The Kier molecular flexibility index (Phi) is 8.41. The van der Waals surface area contributed by atoms with E-state index in [1.807, 2.05) is 13.8 Å². The van der Waals surface area contributed by atoms with Crippen LogP contribution in [0.25, 0.3) is 0 Å². The maximum Gasteiger partial charge on any atom is 0.508 e. The third kappa shape index (κ3) is 5.55. The van der Waals surface area contributed by atoms with Gasteiger partial charge in [0.15, 0.2) is 6.10 Å². The fourth-order valence-corrected chi connectivity index (χ4v) is 3.85. The van der Waals surface area contributed by atoms with Crippen molar-refractivity contribution in [3.8, 4) is 11.6 Å². The van der Waals surface area contributed by atoms with Gasteiger partial charge >= 0.3 is 12.1 Å². The van der Waals surface area contributed by atoms with Gasteiger partial charge in [0.05, 0.1) is 14.2 Å². The number of nitrogens with zero attached hydrogens (tertiary/aromatic N) is 2. The number of carbonyl (C=O) groups excluding carboxylic acids is 1. The Morgan fingerprint density at radius 3 is 2.53 bits per heavy atom. The van der Waals surface area contributed by atoms with E-state index in [4.69, 9.17) is 18.9 Å². The smallest absolute Gasteiger partial charge is 0.497 e. The summed E-state index contributed by atoms with van der Waals surface area (Å²) in [5.74, 6) is -3.31. The van der Waals surface area contributed by atoms with Crippen molar-refractivity contribution < 1.29 is 53.3 Å². The van der Waals surface area contributed by atoms with Crippen LogP contribution < -0.4 is 9.47 Å². The molecule has 13 heteroatoms. The minimum Gasteiger partial charge on any atom is -0.497 e. The second-order valence-corrected chi connectivity index (χ2v) is 8.62. The van der Waals surface area contributed by atoms with Crippen LogP contribution >= 0.6 is 0 Å². The van der Waals surface area contributed by atoms with Crippen LogP contribution in [0.5, 0.6) is 11.6 Å². The van der Waals surface area contributed by atoms with E-state index >= 15 is 0 Å². The first kappa shape index (κ1) is 27.6. The average Bonchev–Trinajstić information content (AvgIpc) is 3.15. The molecule has 2 aromatic rings. The molecule has 1 aliphatic rings. The van der Waals surface area contributed by atoms with Gasteiger partial charge in [-0.05, 0) is 32.4 Å². The van der Waals surface area contributed by atoms with Crippen LogP contribution in [0.15, 0.2) is 18.2 Å². The van der Waals surface area contributed by atoms with Crippen LogP contribution in [0, 0.1) is 12.7 Å². The number of hydrogen-bond donors (Lipinski definition) is 4. The number of benzene rings is 1. The average molecular weight is 515 g/mol. The Morgan fingerprint density at radius 2 is 1.94 bits per heavy atom. The molecule has 0 aliphatic carbocycles. The summed E-state index contributed by atoms with van der Waals surface area (Å²) < 4.78 is 41.3. The summed E-state index contributed by atoms with van der Waals surface area (Å²) in [6.45, 7) is 4.79. The van der Waals surface area contributed by atoms with Crippen LogP contribution in [0.1, 0.15) is 36.7 Å². The van der Waals surface area contributed by atoms with Gasteiger partial charge in [0.25, 0.3) is 0 Å². The first-order valence-electron chi connectivity index (χ1n) is 11.2. The molecule has 0 unspecified atom stereocenters. The number of rotatable bonds is 8. The van der Waals surface area contributed by atoms with Crippen molar-refractivity contribution in [3.63, 3.8) is 0 Å². The van der Waals surface area contributed by atoms with E-state index in [1.165, 1.54) is 19.2 Å². The minimum absolute atomic E-state index is 0.00402. The molecule has 0 radical (unpaired) electrons. The second kappa shape index (κ2) is 11.0. The third-order valence-electron chi connectivity index (χ3n) is 5.88. The van der Waals surface area contributed by atoms with Gasteiger partial charge in [-0.1, -0.05) is 6.07 Å². The summed E-state index contributed by atoms with van der Waals surface area (Å²) in [6, 6.07) is 4.20. The summed E-state index contributed by atoms with van der Waals surface area (Å²) >= 11 is 0. The predicted molar refractivity (Wildman–Crippen MR) is 120 cm³/mol. The lowest BCUT2D eigenvalue weighted by Gasteiger charge is -2.44. The van der Waals surface area contributed by atoms with Gasteiger partial charge in [0, 0.05) is 29.8 Å². The molecular formula is C23H31FN2O10. The quantitative estimate of drug-likeness (QED) is 0.291. The van der Waals surface area contributed by atoms with Crippen LogP contribution in [0.3, 0.4) is 0 Å². The fraction of sp³-hybridized carbons (Fsp3) is 0.565. The first-order valence-corrected chi connectivity index (χ1v) is 11.2. The Bertz CT molecular complexity index is 1080. The van der Waals surface area contributed by atoms with Crippen LogP contribution in [0.2, 0.25) is 0 Å². The summed E-state index contributed by atoms with van der Waals surface area (Å²) in [7, 11) is 2.49. The predicted octanol–water partition coefficient (Wildman–Crippen LogP) is 0.800. The lowest BCUT2D eigenvalue weighted by molar-refractivity contribution is -0.423. The maximum atomic E-state index is 14.7. The van der Waals surface area contributed by atoms with Gasteiger partial charge in [-0.25, -0.2) is 9.18 Å². The zero-order valence-corrected chi connectivity index (χ0v) is 20.5. The molecule has 200 valence electrons. The molecule has 36 heavy (non-hydrogen) atoms. The van der Waals surface area contributed by atoms with Crippen molar-refractivity contribution in [1.82, 2.24) is 9.78 Å². The Morgan fingerprint density at radius 1 is 1.25 bits per heavy atom. The molecule has 2 heterocycles.